The largest absolute Gasteiger partial charge is 0.505 e. The summed E-state index contributed by atoms with van der Waals surface area (Å²) < 4.78 is 0. The number of phenols is 1. The van der Waals surface area contributed by atoms with Gasteiger partial charge in [-0.3, -0.25) is 10.2 Å². The lowest BCUT2D eigenvalue weighted by Crippen LogP contribution is -2.28. The van der Waals surface area contributed by atoms with Crippen LogP contribution in [-0.2, 0) is 17.6 Å². The number of hydrogen-bond acceptors (Lipinski definition) is 6. The van der Waals surface area contributed by atoms with Gasteiger partial charge in [0.1, 0.15) is 11.4 Å². The summed E-state index contributed by atoms with van der Waals surface area (Å²) in [4.78, 5) is 26.8. The zero-order valence-electron chi connectivity index (χ0n) is 17.8. The number of nitrogens with one attached hydrogen (secondary N) is 2. The van der Waals surface area contributed by atoms with Gasteiger partial charge in [-0.05, 0) is 61.6 Å². The Morgan fingerprint density at radius 1 is 1.18 bits per heavy atom. The summed E-state index contributed by atoms with van der Waals surface area (Å²) in [7, 11) is 0. The average Bonchev–Trinajstić information content (AvgIpc) is 3.52. The maximum atomic E-state index is 13.0. The van der Waals surface area contributed by atoms with Gasteiger partial charge in [-0.1, -0.05) is 18.2 Å². The molecule has 0 radical (unpaired) electrons. The Balaban J connectivity index is 1.39. The topological polar surface area (TPSA) is 130 Å². The summed E-state index contributed by atoms with van der Waals surface area (Å²) in [5.41, 5.74) is 7.84. The number of nitrogens with zero attached hydrogens (tertiary/aromatic N) is 3. The molecule has 0 bridgehead atoms. The Morgan fingerprint density at radius 2 is 2.00 bits per heavy atom. The normalized spacial score (nSPS) is 16.3. The molecular formula is C24H21N5O4. The number of benzene rings is 2. The molecule has 2 aromatic carbocycles. The molecule has 3 aromatic rings. The Kier molecular flexibility index (Phi) is 4.93. The molecule has 4 N–H and O–H groups in total. The predicted octanol–water partition coefficient (Wildman–Crippen LogP) is 3.76. The number of rotatable bonds is 5. The number of para-hydroxylation sites is 1. The van der Waals surface area contributed by atoms with Gasteiger partial charge in [0, 0.05) is 17.3 Å². The first-order chi connectivity index (χ1) is 15.9. The molecule has 0 spiro atoms. The van der Waals surface area contributed by atoms with E-state index in [0.29, 0.717) is 22.5 Å². The van der Waals surface area contributed by atoms with Crippen molar-refractivity contribution in [1.82, 2.24) is 4.98 Å². The number of carbonyl (C=O) groups excluding carboxylic acids is 1. The molecule has 2 heterocycles. The highest BCUT2D eigenvalue weighted by atomic mass is 16.4. The van der Waals surface area contributed by atoms with Crippen molar-refractivity contribution in [3.8, 4) is 16.9 Å². The number of carboxylic acids is 1. The zero-order chi connectivity index (χ0) is 23.1. The number of aromatic carboxylic acids is 1. The van der Waals surface area contributed by atoms with E-state index in [-0.39, 0.29) is 28.7 Å². The Morgan fingerprint density at radius 3 is 2.79 bits per heavy atom. The van der Waals surface area contributed by atoms with Crippen molar-refractivity contribution in [2.75, 3.05) is 10.4 Å². The summed E-state index contributed by atoms with van der Waals surface area (Å²) in [6.45, 7) is 1.70. The summed E-state index contributed by atoms with van der Waals surface area (Å²) in [5, 5.41) is 29.7. The minimum Gasteiger partial charge on any atom is -0.505 e. The molecule has 1 aliphatic heterocycles. The van der Waals surface area contributed by atoms with Crippen LogP contribution in [-0.4, -0.2) is 38.5 Å². The standard InChI is InChI=1S/C24H21N5O4/c1-13-21(23(31)29(28-13)17-9-8-14-4-2-5-15(14)10-17)27-26-19-7-3-6-18(22(19)30)16-11-20(24(32)33)25-12-16/h3,6-12,25-26,30H,2,4-5H2,1H3,(H,32,33)/b27-21-. The molecule has 0 atom stereocenters. The lowest BCUT2D eigenvalue weighted by atomic mass is 10.1. The second kappa shape index (κ2) is 7.94. The van der Waals surface area contributed by atoms with Crippen LogP contribution in [0, 0.1) is 0 Å². The molecule has 0 saturated heterocycles. The Labute approximate surface area is 189 Å². The third-order valence-corrected chi connectivity index (χ3v) is 5.86. The van der Waals surface area contributed by atoms with Gasteiger partial charge in [0.2, 0.25) is 0 Å². The highest BCUT2D eigenvalue weighted by Crippen LogP contribution is 2.36. The van der Waals surface area contributed by atoms with Gasteiger partial charge in [-0.15, -0.1) is 0 Å². The van der Waals surface area contributed by atoms with Gasteiger partial charge < -0.3 is 15.2 Å². The molecule has 166 valence electrons. The second-order valence-corrected chi connectivity index (χ2v) is 7.99. The molecule has 0 saturated carbocycles. The molecule has 9 heteroatoms. The van der Waals surface area contributed by atoms with Crippen molar-refractivity contribution < 1.29 is 19.8 Å². The van der Waals surface area contributed by atoms with Crippen molar-refractivity contribution in [2.24, 2.45) is 10.2 Å². The SMILES string of the molecule is CC1=NN(c2ccc3c(c2)CCC3)C(=O)/C1=N\Nc1cccc(-c2c[nH]c(C(=O)O)c2)c1O. The number of aromatic hydroxyl groups is 1. The Bertz CT molecular complexity index is 1350. The van der Waals surface area contributed by atoms with E-state index >= 15 is 0 Å². The van der Waals surface area contributed by atoms with E-state index in [9.17, 15) is 14.7 Å². The van der Waals surface area contributed by atoms with Crippen LogP contribution in [0.4, 0.5) is 11.4 Å². The van der Waals surface area contributed by atoms with E-state index in [0.717, 1.165) is 19.3 Å². The number of hydrogen-bond donors (Lipinski definition) is 4. The first-order valence-electron chi connectivity index (χ1n) is 10.5. The number of carboxylic acid groups (broad SMARTS) is 1. The molecule has 2 aliphatic rings. The molecule has 33 heavy (non-hydrogen) atoms. The van der Waals surface area contributed by atoms with Crippen LogP contribution in [0.1, 0.15) is 35.0 Å². The number of aryl methyl sites for hydroxylation is 2. The number of anilines is 2. The van der Waals surface area contributed by atoms with Crippen molar-refractivity contribution >= 4 is 34.7 Å². The van der Waals surface area contributed by atoms with E-state index in [4.69, 9.17) is 5.11 Å². The molecule has 0 unspecified atom stereocenters. The number of H-pyrrole nitrogens is 1. The van der Waals surface area contributed by atoms with Crippen LogP contribution >= 0.6 is 0 Å². The Hall–Kier alpha value is -4.40. The highest BCUT2D eigenvalue weighted by molar-refractivity contribution is 6.71. The maximum Gasteiger partial charge on any atom is 0.352 e. The zero-order valence-corrected chi connectivity index (χ0v) is 17.8. The number of carbonyl (C=O) groups is 2. The summed E-state index contributed by atoms with van der Waals surface area (Å²) in [6, 6.07) is 12.3. The van der Waals surface area contributed by atoms with Crippen molar-refractivity contribution in [3.05, 3.63) is 65.5 Å². The lowest BCUT2D eigenvalue weighted by Gasteiger charge is -2.13. The monoisotopic (exact) mass is 443 g/mol. The maximum absolute atomic E-state index is 13.0. The van der Waals surface area contributed by atoms with Gasteiger partial charge in [0.05, 0.1) is 17.1 Å². The van der Waals surface area contributed by atoms with Crippen LogP contribution < -0.4 is 10.4 Å². The molecule has 0 fully saturated rings. The van der Waals surface area contributed by atoms with E-state index in [1.54, 1.807) is 25.1 Å². The molecule has 1 aromatic heterocycles. The molecule has 1 aliphatic carbocycles. The molecule has 9 nitrogen and oxygen atoms in total. The average molecular weight is 443 g/mol. The number of amides is 1. The lowest BCUT2D eigenvalue weighted by molar-refractivity contribution is -0.112. The minimum absolute atomic E-state index is 0.0121. The van der Waals surface area contributed by atoms with Crippen molar-refractivity contribution in [3.63, 3.8) is 0 Å². The van der Waals surface area contributed by atoms with E-state index < -0.39 is 5.97 Å². The smallest absolute Gasteiger partial charge is 0.352 e. The molecule has 1 amide bonds. The van der Waals surface area contributed by atoms with Crippen LogP contribution in [0.3, 0.4) is 0 Å². The quantitative estimate of drug-likeness (QED) is 0.352. The van der Waals surface area contributed by atoms with Crippen LogP contribution in [0.5, 0.6) is 5.75 Å². The predicted molar refractivity (Wildman–Crippen MR) is 125 cm³/mol. The van der Waals surface area contributed by atoms with Gasteiger partial charge >= 0.3 is 11.9 Å². The van der Waals surface area contributed by atoms with Crippen LogP contribution in [0.25, 0.3) is 11.1 Å². The van der Waals surface area contributed by atoms with Crippen molar-refractivity contribution in [2.45, 2.75) is 26.2 Å². The van der Waals surface area contributed by atoms with Gasteiger partial charge in [-0.25, -0.2) is 4.79 Å². The number of fused-ring (bicyclic) bond motifs is 1. The fraction of sp³-hybridized carbons (Fsp3) is 0.167. The summed E-state index contributed by atoms with van der Waals surface area (Å²) >= 11 is 0. The highest BCUT2D eigenvalue weighted by Gasteiger charge is 2.31. The number of aromatic amines is 1. The number of aromatic nitrogens is 1. The third-order valence-electron chi connectivity index (χ3n) is 5.86. The fourth-order valence-electron chi connectivity index (χ4n) is 4.15. The van der Waals surface area contributed by atoms with Crippen LogP contribution in [0.2, 0.25) is 0 Å². The van der Waals surface area contributed by atoms with E-state index in [1.165, 1.54) is 28.4 Å². The molecule has 5 rings (SSSR count). The van der Waals surface area contributed by atoms with Crippen LogP contribution in [0.15, 0.2) is 58.9 Å². The van der Waals surface area contributed by atoms with E-state index in [1.807, 2.05) is 18.2 Å². The third kappa shape index (κ3) is 3.63. The van der Waals surface area contributed by atoms with Gasteiger partial charge in [0.15, 0.2) is 5.71 Å². The van der Waals surface area contributed by atoms with Crippen molar-refractivity contribution in [1.29, 1.82) is 0 Å². The minimum atomic E-state index is -1.09. The van der Waals surface area contributed by atoms with Gasteiger partial charge in [-0.2, -0.15) is 15.2 Å². The number of phenolic OH excluding ortho intramolecular Hbond substituents is 1. The second-order valence-electron chi connectivity index (χ2n) is 7.99. The van der Waals surface area contributed by atoms with Gasteiger partial charge in [0.25, 0.3) is 0 Å². The van der Waals surface area contributed by atoms with E-state index in [2.05, 4.69) is 20.6 Å². The molecular weight excluding hydrogens is 422 g/mol. The summed E-state index contributed by atoms with van der Waals surface area (Å²) in [6.07, 6.45) is 4.68. The number of hydrazone groups is 2. The fourth-order valence-corrected chi connectivity index (χ4v) is 4.15. The summed E-state index contributed by atoms with van der Waals surface area (Å²) in [5.74, 6) is -1.57. The first kappa shape index (κ1) is 20.5. The first-order valence-corrected chi connectivity index (χ1v) is 10.5.